The maximum absolute atomic E-state index is 13.0. The lowest BCUT2D eigenvalue weighted by molar-refractivity contribution is 0.102. The molecule has 148 valence electrons. The van der Waals surface area contributed by atoms with E-state index >= 15 is 0 Å². The summed E-state index contributed by atoms with van der Waals surface area (Å²) in [6, 6.07) is 21.6. The average Bonchev–Trinajstić information content (AvgIpc) is 3.21. The van der Waals surface area contributed by atoms with Crippen molar-refractivity contribution in [2.45, 2.75) is 19.3 Å². The van der Waals surface area contributed by atoms with Gasteiger partial charge >= 0.3 is 0 Å². The van der Waals surface area contributed by atoms with E-state index in [1.165, 1.54) is 12.0 Å². The number of nitrogens with two attached hydrogens (primary N) is 1. The molecule has 1 saturated carbocycles. The van der Waals surface area contributed by atoms with Crippen molar-refractivity contribution in [1.29, 1.82) is 0 Å². The lowest BCUT2D eigenvalue weighted by Gasteiger charge is -2.20. The number of anilines is 1. The van der Waals surface area contributed by atoms with Crippen molar-refractivity contribution in [2.75, 3.05) is 5.32 Å². The molecule has 30 heavy (non-hydrogen) atoms. The minimum Gasteiger partial charge on any atom is -0.398 e. The van der Waals surface area contributed by atoms with E-state index in [9.17, 15) is 4.79 Å². The van der Waals surface area contributed by atoms with Crippen LogP contribution in [-0.2, 0) is 0 Å². The summed E-state index contributed by atoms with van der Waals surface area (Å²) in [6.45, 7) is 0. The van der Waals surface area contributed by atoms with Crippen LogP contribution >= 0.6 is 0 Å². The second kappa shape index (κ2) is 7.52. The van der Waals surface area contributed by atoms with E-state index in [4.69, 9.17) is 5.73 Å². The highest BCUT2D eigenvalue weighted by molar-refractivity contribution is 6.13. The Bertz CT molecular complexity index is 1260. The molecule has 1 aliphatic carbocycles. The zero-order chi connectivity index (χ0) is 20.5. The number of nitrogens with one attached hydrogen (secondary N) is 2. The Morgan fingerprint density at radius 2 is 1.80 bits per heavy atom. The fraction of sp³-hybridized carbons (Fsp3) is 0.120. The van der Waals surface area contributed by atoms with Gasteiger partial charge in [-0.25, -0.2) is 0 Å². The lowest BCUT2D eigenvalue weighted by Crippen LogP contribution is -2.12. The Hall–Kier alpha value is -3.86. The van der Waals surface area contributed by atoms with Crippen LogP contribution in [0.2, 0.25) is 0 Å². The van der Waals surface area contributed by atoms with Crippen LogP contribution in [0.1, 0.15) is 35.2 Å². The van der Waals surface area contributed by atoms with Crippen molar-refractivity contribution < 1.29 is 4.79 Å². The van der Waals surface area contributed by atoms with Crippen LogP contribution in [0.3, 0.4) is 0 Å². The van der Waals surface area contributed by atoms with Gasteiger partial charge in [0.2, 0.25) is 0 Å². The molecule has 1 aromatic heterocycles. The van der Waals surface area contributed by atoms with Crippen molar-refractivity contribution in [3.63, 3.8) is 0 Å². The molecule has 0 radical (unpaired) electrons. The predicted octanol–water partition coefficient (Wildman–Crippen LogP) is 5.34. The van der Waals surface area contributed by atoms with Crippen LogP contribution in [-0.4, -0.2) is 16.1 Å². The summed E-state index contributed by atoms with van der Waals surface area (Å²) >= 11 is 0. The van der Waals surface area contributed by atoms with Crippen LogP contribution in [0.5, 0.6) is 0 Å². The van der Waals surface area contributed by atoms with Crippen molar-refractivity contribution in [3.8, 4) is 11.1 Å². The number of rotatable bonds is 4. The standard InChI is InChI=1S/C25H22N4O/c26-23(16-6-4-7-16)18-9-5-8-17(12-18)19-13-20-15-27-29-24(20)22(14-19)25(30)28-21-10-2-1-3-11-21/h1-3,5,8-15H,4,6-7,26H2,(H,27,29)(H,28,30). The van der Waals surface area contributed by atoms with E-state index < -0.39 is 0 Å². The highest BCUT2D eigenvalue weighted by Gasteiger charge is 2.16. The Morgan fingerprint density at radius 3 is 2.57 bits per heavy atom. The van der Waals surface area contributed by atoms with E-state index in [2.05, 4.69) is 21.6 Å². The number of carbonyl (C=O) groups excluding carboxylic acids is 1. The Morgan fingerprint density at radius 1 is 0.967 bits per heavy atom. The highest BCUT2D eigenvalue weighted by atomic mass is 16.1. The van der Waals surface area contributed by atoms with E-state index in [0.29, 0.717) is 5.56 Å². The molecular formula is C25H22N4O. The van der Waals surface area contributed by atoms with Gasteiger partial charge in [-0.1, -0.05) is 36.4 Å². The second-order valence-corrected chi connectivity index (χ2v) is 7.63. The van der Waals surface area contributed by atoms with Crippen molar-refractivity contribution in [3.05, 3.63) is 89.6 Å². The third-order valence-corrected chi connectivity index (χ3v) is 5.67. The summed E-state index contributed by atoms with van der Waals surface area (Å²) in [5, 5.41) is 11.0. The summed E-state index contributed by atoms with van der Waals surface area (Å²) < 4.78 is 0. The largest absolute Gasteiger partial charge is 0.398 e. The average molecular weight is 394 g/mol. The van der Waals surface area contributed by atoms with Gasteiger partial charge in [-0.3, -0.25) is 9.89 Å². The number of para-hydroxylation sites is 1. The van der Waals surface area contributed by atoms with Gasteiger partial charge in [-0.05, 0) is 71.9 Å². The molecule has 0 spiro atoms. The molecule has 3 aromatic carbocycles. The molecule has 0 unspecified atom stereocenters. The van der Waals surface area contributed by atoms with E-state index in [1.807, 2.05) is 60.7 Å². The van der Waals surface area contributed by atoms with Gasteiger partial charge < -0.3 is 11.1 Å². The first-order valence-corrected chi connectivity index (χ1v) is 10.1. The number of carbonyl (C=O) groups is 1. The number of H-pyrrole nitrogens is 1. The van der Waals surface area contributed by atoms with Gasteiger partial charge in [0.05, 0.1) is 17.3 Å². The number of allylic oxidation sites excluding steroid dienone is 1. The SMILES string of the molecule is NC(=C1CCC1)c1cccc(-c2cc(C(=O)Nc3ccccc3)c3[nH]ncc3c2)c1. The molecular weight excluding hydrogens is 372 g/mol. The van der Waals surface area contributed by atoms with Crippen molar-refractivity contribution in [1.82, 2.24) is 10.2 Å². The first-order valence-electron chi connectivity index (χ1n) is 10.1. The first-order chi connectivity index (χ1) is 14.7. The zero-order valence-electron chi connectivity index (χ0n) is 16.5. The van der Waals surface area contributed by atoms with E-state index in [0.717, 1.165) is 51.8 Å². The maximum atomic E-state index is 13.0. The normalized spacial score (nSPS) is 13.1. The summed E-state index contributed by atoms with van der Waals surface area (Å²) in [7, 11) is 0. The first kappa shape index (κ1) is 18.2. The number of amides is 1. The predicted molar refractivity (Wildman–Crippen MR) is 121 cm³/mol. The maximum Gasteiger partial charge on any atom is 0.257 e. The number of fused-ring (bicyclic) bond motifs is 1. The molecule has 0 bridgehead atoms. The Balaban J connectivity index is 1.55. The topological polar surface area (TPSA) is 83.8 Å². The monoisotopic (exact) mass is 394 g/mol. The molecule has 0 aliphatic heterocycles. The van der Waals surface area contributed by atoms with Crippen LogP contribution in [0, 0.1) is 0 Å². The quantitative estimate of drug-likeness (QED) is 0.437. The molecule has 1 heterocycles. The minimum atomic E-state index is -0.176. The smallest absolute Gasteiger partial charge is 0.257 e. The number of nitrogens with zero attached hydrogens (tertiary/aromatic N) is 1. The van der Waals surface area contributed by atoms with Crippen LogP contribution in [0.4, 0.5) is 5.69 Å². The molecule has 5 heteroatoms. The van der Waals surface area contributed by atoms with E-state index in [1.54, 1.807) is 6.20 Å². The molecule has 1 fully saturated rings. The Labute approximate surface area is 174 Å². The number of aromatic amines is 1. The van der Waals surface area contributed by atoms with Gasteiger partial charge in [-0.15, -0.1) is 0 Å². The van der Waals surface area contributed by atoms with Crippen LogP contribution < -0.4 is 11.1 Å². The van der Waals surface area contributed by atoms with Crippen LogP contribution in [0.15, 0.2) is 78.5 Å². The summed E-state index contributed by atoms with van der Waals surface area (Å²) in [5.41, 5.74) is 13.6. The molecule has 1 aliphatic rings. The fourth-order valence-electron chi connectivity index (χ4n) is 3.82. The lowest BCUT2D eigenvalue weighted by atomic mass is 9.88. The second-order valence-electron chi connectivity index (χ2n) is 7.63. The fourth-order valence-corrected chi connectivity index (χ4v) is 3.82. The van der Waals surface area contributed by atoms with Gasteiger partial charge in [0.15, 0.2) is 0 Å². The number of hydrogen-bond acceptors (Lipinski definition) is 3. The van der Waals surface area contributed by atoms with Gasteiger partial charge in [0, 0.05) is 16.8 Å². The number of benzene rings is 3. The minimum absolute atomic E-state index is 0.176. The molecule has 4 N–H and O–H groups in total. The van der Waals surface area contributed by atoms with Crippen molar-refractivity contribution in [2.24, 2.45) is 5.73 Å². The third-order valence-electron chi connectivity index (χ3n) is 5.67. The number of aromatic nitrogens is 2. The third kappa shape index (κ3) is 3.35. The molecule has 5 rings (SSSR count). The van der Waals surface area contributed by atoms with Crippen LogP contribution in [0.25, 0.3) is 27.7 Å². The summed E-state index contributed by atoms with van der Waals surface area (Å²) in [6.07, 6.45) is 5.13. The summed E-state index contributed by atoms with van der Waals surface area (Å²) in [4.78, 5) is 13.0. The van der Waals surface area contributed by atoms with Gasteiger partial charge in [0.25, 0.3) is 5.91 Å². The van der Waals surface area contributed by atoms with Gasteiger partial charge in [0.1, 0.15) is 0 Å². The zero-order valence-corrected chi connectivity index (χ0v) is 16.5. The van der Waals surface area contributed by atoms with E-state index in [-0.39, 0.29) is 5.91 Å². The van der Waals surface area contributed by atoms with Crippen molar-refractivity contribution >= 4 is 28.2 Å². The molecule has 4 aromatic rings. The molecule has 0 saturated heterocycles. The Kier molecular flexibility index (Phi) is 4.56. The molecule has 0 atom stereocenters. The van der Waals surface area contributed by atoms with Gasteiger partial charge in [-0.2, -0.15) is 5.10 Å². The number of hydrogen-bond donors (Lipinski definition) is 3. The summed E-state index contributed by atoms with van der Waals surface area (Å²) in [5.74, 6) is -0.176. The molecule has 5 nitrogen and oxygen atoms in total. The molecule has 1 amide bonds. The highest BCUT2D eigenvalue weighted by Crippen LogP contribution is 2.33.